The Morgan fingerprint density at radius 3 is 2.33 bits per heavy atom. The lowest BCUT2D eigenvalue weighted by atomic mass is 9.76. The molecule has 15 heavy (non-hydrogen) atoms. The molecule has 1 aliphatic rings. The van der Waals surface area contributed by atoms with Crippen LogP contribution in [0.25, 0.3) is 0 Å². The van der Waals surface area contributed by atoms with Crippen LogP contribution in [0.4, 0.5) is 0 Å². The Morgan fingerprint density at radius 2 is 1.73 bits per heavy atom. The van der Waals surface area contributed by atoms with Gasteiger partial charge in [-0.1, -0.05) is 19.3 Å². The fourth-order valence-electron chi connectivity index (χ4n) is 2.20. The van der Waals surface area contributed by atoms with Crippen molar-refractivity contribution in [2.24, 2.45) is 5.41 Å². The van der Waals surface area contributed by atoms with Crippen molar-refractivity contribution in [3.05, 3.63) is 0 Å². The van der Waals surface area contributed by atoms with E-state index in [4.69, 9.17) is 9.47 Å². The number of rotatable bonds is 7. The zero-order chi connectivity index (χ0) is 11.0. The third kappa shape index (κ3) is 4.75. The maximum atomic E-state index is 5.70. The van der Waals surface area contributed by atoms with E-state index in [2.05, 4.69) is 12.6 Å². The summed E-state index contributed by atoms with van der Waals surface area (Å²) in [5, 5.41) is 0. The highest BCUT2D eigenvalue weighted by atomic mass is 32.1. The molecule has 0 aromatic carbocycles. The maximum Gasteiger partial charge on any atom is 0.0700 e. The molecule has 0 aromatic heterocycles. The van der Waals surface area contributed by atoms with Gasteiger partial charge in [-0.3, -0.25) is 0 Å². The Balaban J connectivity index is 2.15. The Bertz CT molecular complexity index is 156. The molecule has 3 heteroatoms. The molecule has 0 aromatic rings. The molecule has 90 valence electrons. The molecule has 0 atom stereocenters. The molecule has 2 nitrogen and oxygen atoms in total. The molecule has 1 fully saturated rings. The standard InChI is InChI=1S/C12H24O2S/c1-2-13-8-9-14-10-12(11-15)6-4-3-5-7-12/h15H,2-11H2,1H3. The number of thiol groups is 1. The van der Waals surface area contributed by atoms with E-state index in [-0.39, 0.29) is 0 Å². The first-order valence-corrected chi connectivity index (χ1v) is 6.72. The predicted molar refractivity (Wildman–Crippen MR) is 66.7 cm³/mol. The molecule has 0 heterocycles. The van der Waals surface area contributed by atoms with Crippen molar-refractivity contribution >= 4 is 12.6 Å². The lowest BCUT2D eigenvalue weighted by molar-refractivity contribution is 0.00193. The van der Waals surface area contributed by atoms with Crippen LogP contribution in [0, 0.1) is 5.41 Å². The molecule has 0 amide bonds. The lowest BCUT2D eigenvalue weighted by Crippen LogP contribution is -2.32. The molecular formula is C12H24O2S. The van der Waals surface area contributed by atoms with Crippen molar-refractivity contribution in [3.8, 4) is 0 Å². The average Bonchev–Trinajstić information content (AvgIpc) is 2.30. The first-order valence-electron chi connectivity index (χ1n) is 6.09. The molecule has 0 spiro atoms. The van der Waals surface area contributed by atoms with Gasteiger partial charge in [-0.05, 0) is 25.5 Å². The van der Waals surface area contributed by atoms with Crippen molar-refractivity contribution in [2.75, 3.05) is 32.2 Å². The molecule has 0 saturated heterocycles. The lowest BCUT2D eigenvalue weighted by Gasteiger charge is -2.35. The van der Waals surface area contributed by atoms with Gasteiger partial charge in [0.25, 0.3) is 0 Å². The van der Waals surface area contributed by atoms with Crippen molar-refractivity contribution in [3.63, 3.8) is 0 Å². The number of hydrogen-bond acceptors (Lipinski definition) is 3. The van der Waals surface area contributed by atoms with Crippen LogP contribution in [0.1, 0.15) is 39.0 Å². The fourth-order valence-corrected chi connectivity index (χ4v) is 2.61. The Hall–Kier alpha value is 0.270. The van der Waals surface area contributed by atoms with Gasteiger partial charge >= 0.3 is 0 Å². The van der Waals surface area contributed by atoms with Crippen LogP contribution < -0.4 is 0 Å². The molecular weight excluding hydrogens is 208 g/mol. The highest BCUT2D eigenvalue weighted by molar-refractivity contribution is 7.80. The second kappa shape index (κ2) is 7.53. The van der Waals surface area contributed by atoms with Gasteiger partial charge in [-0.2, -0.15) is 12.6 Å². The summed E-state index contributed by atoms with van der Waals surface area (Å²) in [5.41, 5.74) is 0.355. The van der Waals surface area contributed by atoms with Gasteiger partial charge in [-0.25, -0.2) is 0 Å². The van der Waals surface area contributed by atoms with Gasteiger partial charge in [0.05, 0.1) is 19.8 Å². The number of ether oxygens (including phenoxy) is 2. The smallest absolute Gasteiger partial charge is 0.0700 e. The van der Waals surface area contributed by atoms with Crippen molar-refractivity contribution in [2.45, 2.75) is 39.0 Å². The summed E-state index contributed by atoms with van der Waals surface area (Å²) in [6, 6.07) is 0. The first-order chi connectivity index (χ1) is 7.33. The van der Waals surface area contributed by atoms with Gasteiger partial charge in [-0.15, -0.1) is 0 Å². The SMILES string of the molecule is CCOCCOCC1(CS)CCCCC1. The molecule has 0 N–H and O–H groups in total. The third-order valence-corrected chi connectivity index (χ3v) is 3.90. The Labute approximate surface area is 99.1 Å². The maximum absolute atomic E-state index is 5.70. The zero-order valence-electron chi connectivity index (χ0n) is 9.83. The Kier molecular flexibility index (Phi) is 6.69. The summed E-state index contributed by atoms with van der Waals surface area (Å²) >= 11 is 4.48. The monoisotopic (exact) mass is 232 g/mol. The van der Waals surface area contributed by atoms with Gasteiger partial charge in [0, 0.05) is 12.0 Å². The summed E-state index contributed by atoms with van der Waals surface area (Å²) in [6.07, 6.45) is 6.63. The normalized spacial score (nSPS) is 20.4. The molecule has 1 saturated carbocycles. The molecule has 1 aliphatic carbocycles. The molecule has 0 bridgehead atoms. The van der Waals surface area contributed by atoms with E-state index in [1.807, 2.05) is 6.92 Å². The van der Waals surface area contributed by atoms with E-state index in [0.717, 1.165) is 32.2 Å². The van der Waals surface area contributed by atoms with E-state index in [0.29, 0.717) is 5.41 Å². The first kappa shape index (κ1) is 13.3. The minimum absolute atomic E-state index is 0.355. The van der Waals surface area contributed by atoms with E-state index in [1.54, 1.807) is 0 Å². The highest BCUT2D eigenvalue weighted by Crippen LogP contribution is 2.37. The summed E-state index contributed by atoms with van der Waals surface area (Å²) in [6.45, 7) is 5.10. The Morgan fingerprint density at radius 1 is 1.07 bits per heavy atom. The van der Waals surface area contributed by atoms with Crippen molar-refractivity contribution in [1.82, 2.24) is 0 Å². The van der Waals surface area contributed by atoms with E-state index >= 15 is 0 Å². The van der Waals surface area contributed by atoms with Crippen molar-refractivity contribution in [1.29, 1.82) is 0 Å². The summed E-state index contributed by atoms with van der Waals surface area (Å²) in [7, 11) is 0. The van der Waals surface area contributed by atoms with Crippen molar-refractivity contribution < 1.29 is 9.47 Å². The van der Waals surface area contributed by atoms with E-state index < -0.39 is 0 Å². The van der Waals surface area contributed by atoms with E-state index in [1.165, 1.54) is 32.1 Å². The molecule has 0 radical (unpaired) electrons. The molecule has 0 unspecified atom stereocenters. The largest absolute Gasteiger partial charge is 0.379 e. The van der Waals surface area contributed by atoms with Crippen LogP contribution in [-0.2, 0) is 9.47 Å². The minimum atomic E-state index is 0.355. The zero-order valence-corrected chi connectivity index (χ0v) is 10.7. The van der Waals surface area contributed by atoms with Gasteiger partial charge in [0.1, 0.15) is 0 Å². The van der Waals surface area contributed by atoms with Gasteiger partial charge < -0.3 is 9.47 Å². The second-order valence-corrected chi connectivity index (χ2v) is 4.78. The molecule has 0 aliphatic heterocycles. The fraction of sp³-hybridized carbons (Fsp3) is 1.00. The quantitative estimate of drug-likeness (QED) is 0.537. The second-order valence-electron chi connectivity index (χ2n) is 4.47. The van der Waals surface area contributed by atoms with Crippen LogP contribution >= 0.6 is 12.6 Å². The van der Waals surface area contributed by atoms with Crippen LogP contribution in [0.2, 0.25) is 0 Å². The van der Waals surface area contributed by atoms with Gasteiger partial charge in [0.2, 0.25) is 0 Å². The van der Waals surface area contributed by atoms with Gasteiger partial charge in [0.15, 0.2) is 0 Å². The third-order valence-electron chi connectivity index (χ3n) is 3.23. The topological polar surface area (TPSA) is 18.5 Å². The highest BCUT2D eigenvalue weighted by Gasteiger charge is 2.30. The summed E-state index contributed by atoms with van der Waals surface area (Å²) in [4.78, 5) is 0. The van der Waals surface area contributed by atoms with Crippen LogP contribution in [0.3, 0.4) is 0 Å². The summed E-state index contributed by atoms with van der Waals surface area (Å²) in [5.74, 6) is 0.960. The average molecular weight is 232 g/mol. The minimum Gasteiger partial charge on any atom is -0.379 e. The predicted octanol–water partition coefficient (Wildman–Crippen LogP) is 2.92. The van der Waals surface area contributed by atoms with Crippen LogP contribution in [0.15, 0.2) is 0 Å². The summed E-state index contributed by atoms with van der Waals surface area (Å²) < 4.78 is 10.9. The van der Waals surface area contributed by atoms with Crippen LogP contribution in [-0.4, -0.2) is 32.2 Å². The number of hydrogen-bond donors (Lipinski definition) is 1. The molecule has 1 rings (SSSR count). The van der Waals surface area contributed by atoms with E-state index in [9.17, 15) is 0 Å². The van der Waals surface area contributed by atoms with Crippen LogP contribution in [0.5, 0.6) is 0 Å².